The number of hydrogen-bond donors (Lipinski definition) is 0. The standard InChI is InChI=1S/C20H36F3NO4Si3/c1-24(19(25)20(21,22)23)14-18(28-31(8,9)10)15-11-12-16(26-29(2,3)4)17(13-15)27-30(5,6)7/h11-13,18H,14H2,1-10H3. The minimum Gasteiger partial charge on any atom is -0.542 e. The van der Waals surface area contributed by atoms with Gasteiger partial charge >= 0.3 is 12.1 Å². The van der Waals surface area contributed by atoms with E-state index in [-0.39, 0.29) is 6.54 Å². The van der Waals surface area contributed by atoms with E-state index in [0.29, 0.717) is 22.0 Å². The Labute approximate surface area is 187 Å². The molecule has 1 aromatic carbocycles. The van der Waals surface area contributed by atoms with Gasteiger partial charge in [-0.05, 0) is 76.6 Å². The number of rotatable bonds is 9. The van der Waals surface area contributed by atoms with Gasteiger partial charge in [-0.1, -0.05) is 6.07 Å². The molecule has 31 heavy (non-hydrogen) atoms. The summed E-state index contributed by atoms with van der Waals surface area (Å²) in [5.41, 5.74) is 0.653. The summed E-state index contributed by atoms with van der Waals surface area (Å²) in [5.74, 6) is -0.709. The number of amides is 1. The SMILES string of the molecule is CN(CC(O[Si](C)(C)C)c1ccc(O[Si](C)(C)C)c(O[Si](C)(C)C)c1)C(=O)C(F)(F)F. The molecule has 1 unspecified atom stereocenters. The highest BCUT2D eigenvalue weighted by molar-refractivity contribution is 6.71. The van der Waals surface area contributed by atoms with Crippen LogP contribution in [0.2, 0.25) is 58.9 Å². The minimum atomic E-state index is -4.93. The van der Waals surface area contributed by atoms with E-state index < -0.39 is 43.1 Å². The molecule has 0 radical (unpaired) electrons. The molecule has 0 spiro atoms. The Morgan fingerprint density at radius 2 is 1.39 bits per heavy atom. The Kier molecular flexibility index (Phi) is 8.65. The van der Waals surface area contributed by atoms with Crippen molar-refractivity contribution >= 4 is 30.9 Å². The lowest BCUT2D eigenvalue weighted by atomic mass is 10.1. The Morgan fingerprint density at radius 1 is 0.903 bits per heavy atom. The molecule has 1 aromatic rings. The molecule has 0 fully saturated rings. The lowest BCUT2D eigenvalue weighted by Gasteiger charge is -2.32. The summed E-state index contributed by atoms with van der Waals surface area (Å²) in [7, 11) is -4.92. The van der Waals surface area contributed by atoms with Crippen LogP contribution in [0, 0.1) is 0 Å². The predicted octanol–water partition coefficient (Wildman–Crippen LogP) is 6.03. The van der Waals surface area contributed by atoms with Crippen LogP contribution in [0.5, 0.6) is 11.5 Å². The summed E-state index contributed by atoms with van der Waals surface area (Å²) in [4.78, 5) is 12.3. The molecule has 0 saturated carbocycles. The van der Waals surface area contributed by atoms with Crippen LogP contribution >= 0.6 is 0 Å². The smallest absolute Gasteiger partial charge is 0.471 e. The minimum absolute atomic E-state index is 0.219. The molecule has 0 aliphatic carbocycles. The van der Waals surface area contributed by atoms with Gasteiger partial charge in [0.1, 0.15) is 11.5 Å². The number of likely N-dealkylation sites (N-methyl/N-ethyl adjacent to an activating group) is 1. The fourth-order valence-corrected chi connectivity index (χ4v) is 5.45. The van der Waals surface area contributed by atoms with Crippen molar-refractivity contribution in [3.8, 4) is 11.5 Å². The highest BCUT2D eigenvalue weighted by Crippen LogP contribution is 2.36. The zero-order chi connectivity index (χ0) is 24.4. The second-order valence-electron chi connectivity index (χ2n) is 10.5. The van der Waals surface area contributed by atoms with E-state index in [9.17, 15) is 18.0 Å². The van der Waals surface area contributed by atoms with Crippen molar-refractivity contribution in [2.75, 3.05) is 13.6 Å². The first-order valence-electron chi connectivity index (χ1n) is 10.2. The molecule has 1 atom stereocenters. The van der Waals surface area contributed by atoms with Crippen LogP contribution in [-0.2, 0) is 9.22 Å². The Balaban J connectivity index is 3.39. The molecule has 1 amide bonds. The van der Waals surface area contributed by atoms with Gasteiger partial charge in [0, 0.05) is 13.6 Å². The normalized spacial score (nSPS) is 14.2. The largest absolute Gasteiger partial charge is 0.542 e. The summed E-state index contributed by atoms with van der Waals surface area (Å²) in [6, 6.07) is 5.35. The number of alkyl halides is 3. The maximum Gasteiger partial charge on any atom is 0.471 e. The van der Waals surface area contributed by atoms with E-state index in [2.05, 4.69) is 19.6 Å². The van der Waals surface area contributed by atoms with Crippen molar-refractivity contribution in [1.29, 1.82) is 0 Å². The number of carbonyl (C=O) groups excluding carboxylic acids is 1. The van der Waals surface area contributed by atoms with Crippen molar-refractivity contribution in [3.05, 3.63) is 23.8 Å². The molecule has 0 aliphatic heterocycles. The maximum absolute atomic E-state index is 12.9. The fourth-order valence-electron chi connectivity index (χ4n) is 2.73. The van der Waals surface area contributed by atoms with Gasteiger partial charge in [0.05, 0.1) is 6.10 Å². The molecule has 1 rings (SSSR count). The Bertz CT molecular complexity index is 769. The number of hydrogen-bond acceptors (Lipinski definition) is 4. The molecule has 0 N–H and O–H groups in total. The highest BCUT2D eigenvalue weighted by atomic mass is 28.4. The van der Waals surface area contributed by atoms with E-state index in [1.165, 1.54) is 0 Å². The molecular weight excluding hydrogens is 459 g/mol. The van der Waals surface area contributed by atoms with Crippen LogP contribution in [0.25, 0.3) is 0 Å². The highest BCUT2D eigenvalue weighted by Gasteiger charge is 2.42. The summed E-state index contributed by atoms with van der Waals surface area (Å²) in [5, 5.41) is 0. The van der Waals surface area contributed by atoms with Gasteiger partial charge in [-0.3, -0.25) is 4.79 Å². The van der Waals surface area contributed by atoms with E-state index in [1.54, 1.807) is 18.2 Å². The van der Waals surface area contributed by atoms with Crippen molar-refractivity contribution in [2.45, 2.75) is 71.2 Å². The van der Waals surface area contributed by atoms with Gasteiger partial charge in [0.15, 0.2) is 8.32 Å². The van der Waals surface area contributed by atoms with Crippen LogP contribution in [0.4, 0.5) is 13.2 Å². The second-order valence-corrected chi connectivity index (χ2v) is 23.9. The first-order valence-corrected chi connectivity index (χ1v) is 20.4. The molecule has 0 aliphatic rings. The summed E-state index contributed by atoms with van der Waals surface area (Å²) >= 11 is 0. The Morgan fingerprint density at radius 3 is 1.81 bits per heavy atom. The van der Waals surface area contributed by atoms with Gasteiger partial charge in [-0.2, -0.15) is 13.2 Å². The van der Waals surface area contributed by atoms with Crippen LogP contribution in [0.1, 0.15) is 11.7 Å². The van der Waals surface area contributed by atoms with Crippen molar-refractivity contribution in [2.24, 2.45) is 0 Å². The van der Waals surface area contributed by atoms with Gasteiger partial charge in [0.25, 0.3) is 0 Å². The third-order valence-corrected chi connectivity index (χ3v) is 6.35. The molecule has 0 aromatic heterocycles. The first-order chi connectivity index (χ1) is 13.7. The van der Waals surface area contributed by atoms with Crippen LogP contribution in [0.15, 0.2) is 18.2 Å². The van der Waals surface area contributed by atoms with E-state index in [4.69, 9.17) is 13.3 Å². The van der Waals surface area contributed by atoms with Crippen LogP contribution in [0.3, 0.4) is 0 Å². The average molecular weight is 496 g/mol. The molecule has 0 saturated heterocycles. The molecule has 5 nitrogen and oxygen atoms in total. The zero-order valence-electron chi connectivity index (χ0n) is 20.2. The van der Waals surface area contributed by atoms with Crippen LogP contribution in [-0.4, -0.2) is 55.5 Å². The predicted molar refractivity (Wildman–Crippen MR) is 125 cm³/mol. The van der Waals surface area contributed by atoms with Crippen molar-refractivity contribution < 1.29 is 31.2 Å². The van der Waals surface area contributed by atoms with Crippen molar-refractivity contribution in [3.63, 3.8) is 0 Å². The summed E-state index contributed by atoms with van der Waals surface area (Å²) in [6.45, 7) is 18.0. The maximum atomic E-state index is 12.9. The number of nitrogens with zero attached hydrogens (tertiary/aromatic N) is 1. The van der Waals surface area contributed by atoms with E-state index in [0.717, 1.165) is 7.05 Å². The Hall–Kier alpha value is -1.31. The lowest BCUT2D eigenvalue weighted by Crippen LogP contribution is -2.42. The quantitative estimate of drug-likeness (QED) is 0.393. The molecule has 178 valence electrons. The lowest BCUT2D eigenvalue weighted by molar-refractivity contribution is -0.185. The summed E-state index contributed by atoms with van der Waals surface area (Å²) in [6.07, 6.45) is -5.65. The third-order valence-electron chi connectivity index (χ3n) is 3.70. The van der Waals surface area contributed by atoms with Gasteiger partial charge in [0.2, 0.25) is 16.6 Å². The first kappa shape index (κ1) is 27.7. The van der Waals surface area contributed by atoms with Crippen molar-refractivity contribution in [1.82, 2.24) is 4.90 Å². The molecule has 0 heterocycles. The number of carbonyl (C=O) groups is 1. The zero-order valence-corrected chi connectivity index (χ0v) is 23.2. The van der Waals surface area contributed by atoms with Crippen LogP contribution < -0.4 is 8.85 Å². The molecule has 11 heteroatoms. The monoisotopic (exact) mass is 495 g/mol. The van der Waals surface area contributed by atoms with E-state index in [1.807, 2.05) is 39.3 Å². The fraction of sp³-hybridized carbons (Fsp3) is 0.650. The van der Waals surface area contributed by atoms with Gasteiger partial charge in [-0.25, -0.2) is 0 Å². The second kappa shape index (κ2) is 9.67. The number of halogens is 3. The van der Waals surface area contributed by atoms with E-state index >= 15 is 0 Å². The summed E-state index contributed by atoms with van der Waals surface area (Å²) < 4.78 is 57.3. The molecule has 0 bridgehead atoms. The van der Waals surface area contributed by atoms with Gasteiger partial charge in [-0.15, -0.1) is 0 Å². The third kappa shape index (κ3) is 10.2. The average Bonchev–Trinajstić information content (AvgIpc) is 2.50. The topological polar surface area (TPSA) is 48.0 Å². The number of benzene rings is 1. The molecular formula is C20H36F3NO4Si3. The van der Waals surface area contributed by atoms with Gasteiger partial charge < -0.3 is 18.2 Å².